The van der Waals surface area contributed by atoms with Crippen molar-refractivity contribution in [2.24, 2.45) is 0 Å². The topological polar surface area (TPSA) is 46.4 Å². The van der Waals surface area contributed by atoms with E-state index in [-0.39, 0.29) is 10.6 Å². The molecular formula is C14H22N2O2. The van der Waals surface area contributed by atoms with Crippen molar-refractivity contribution in [3.05, 3.63) is 33.9 Å². The van der Waals surface area contributed by atoms with Crippen LogP contribution in [0.15, 0.2) is 18.2 Å². The van der Waals surface area contributed by atoms with Gasteiger partial charge in [0.1, 0.15) is 0 Å². The van der Waals surface area contributed by atoms with Gasteiger partial charge in [0.15, 0.2) is 0 Å². The van der Waals surface area contributed by atoms with Gasteiger partial charge in [-0.15, -0.1) is 0 Å². The quantitative estimate of drug-likeness (QED) is 0.546. The van der Waals surface area contributed by atoms with E-state index >= 15 is 0 Å². The Morgan fingerprint density at radius 1 is 1.17 bits per heavy atom. The van der Waals surface area contributed by atoms with Gasteiger partial charge in [0.05, 0.1) is 4.92 Å². The number of benzene rings is 1. The van der Waals surface area contributed by atoms with Gasteiger partial charge >= 0.3 is 0 Å². The fourth-order valence-electron chi connectivity index (χ4n) is 2.13. The van der Waals surface area contributed by atoms with E-state index in [1.807, 2.05) is 19.1 Å². The van der Waals surface area contributed by atoms with Crippen molar-refractivity contribution < 1.29 is 4.92 Å². The molecule has 100 valence electrons. The molecule has 1 rings (SSSR count). The van der Waals surface area contributed by atoms with Crippen LogP contribution in [0.3, 0.4) is 0 Å². The molecule has 0 aliphatic heterocycles. The van der Waals surface area contributed by atoms with Crippen molar-refractivity contribution in [2.45, 2.75) is 40.0 Å². The highest BCUT2D eigenvalue weighted by molar-refractivity contribution is 5.57. The molecule has 0 aliphatic carbocycles. The fourth-order valence-corrected chi connectivity index (χ4v) is 2.13. The highest BCUT2D eigenvalue weighted by Crippen LogP contribution is 2.26. The van der Waals surface area contributed by atoms with Gasteiger partial charge in [-0.3, -0.25) is 10.1 Å². The van der Waals surface area contributed by atoms with Crippen LogP contribution in [0.5, 0.6) is 0 Å². The molecule has 0 unspecified atom stereocenters. The van der Waals surface area contributed by atoms with Crippen LogP contribution in [0.4, 0.5) is 11.4 Å². The van der Waals surface area contributed by atoms with Gasteiger partial charge in [-0.1, -0.05) is 26.8 Å². The molecule has 1 aromatic carbocycles. The largest absolute Gasteiger partial charge is 0.371 e. The molecule has 0 atom stereocenters. The number of nitro groups is 1. The minimum Gasteiger partial charge on any atom is -0.371 e. The molecule has 0 radical (unpaired) electrons. The molecule has 1 aromatic rings. The van der Waals surface area contributed by atoms with Crippen molar-refractivity contribution in [3.63, 3.8) is 0 Å². The Balaban J connectivity index is 3.08. The molecule has 4 heteroatoms. The maximum absolute atomic E-state index is 11.1. The van der Waals surface area contributed by atoms with E-state index in [1.165, 1.54) is 0 Å². The highest BCUT2D eigenvalue weighted by Gasteiger charge is 2.15. The van der Waals surface area contributed by atoms with Gasteiger partial charge in [-0.05, 0) is 25.3 Å². The normalized spacial score (nSPS) is 10.4. The lowest BCUT2D eigenvalue weighted by molar-refractivity contribution is -0.385. The summed E-state index contributed by atoms with van der Waals surface area (Å²) in [5.41, 5.74) is 2.01. The molecular weight excluding hydrogens is 228 g/mol. The zero-order valence-electron chi connectivity index (χ0n) is 11.5. The van der Waals surface area contributed by atoms with E-state index in [1.54, 1.807) is 6.07 Å². The first-order chi connectivity index (χ1) is 8.63. The standard InChI is InChI=1S/C14H22N2O2/c1-4-9-15(10-5-2)13-8-7-12(6-3)14(11-13)16(17)18/h7-8,11H,4-6,9-10H2,1-3H3. The summed E-state index contributed by atoms with van der Waals surface area (Å²) in [6.45, 7) is 8.07. The molecule has 4 nitrogen and oxygen atoms in total. The van der Waals surface area contributed by atoms with Crippen LogP contribution in [0.25, 0.3) is 0 Å². The lowest BCUT2D eigenvalue weighted by Gasteiger charge is -2.23. The Bertz CT molecular complexity index is 399. The summed E-state index contributed by atoms with van der Waals surface area (Å²) in [5.74, 6) is 0. The van der Waals surface area contributed by atoms with Crippen molar-refractivity contribution >= 4 is 11.4 Å². The fraction of sp³-hybridized carbons (Fsp3) is 0.571. The van der Waals surface area contributed by atoms with Crippen molar-refractivity contribution in [3.8, 4) is 0 Å². The number of aryl methyl sites for hydroxylation is 1. The molecule has 0 fully saturated rings. The summed E-state index contributed by atoms with van der Waals surface area (Å²) in [6.07, 6.45) is 2.78. The Hall–Kier alpha value is -1.58. The molecule has 0 aromatic heterocycles. The van der Waals surface area contributed by atoms with Gasteiger partial charge < -0.3 is 4.90 Å². The third-order valence-electron chi connectivity index (χ3n) is 3.00. The molecule has 0 saturated heterocycles. The summed E-state index contributed by atoms with van der Waals surface area (Å²) in [7, 11) is 0. The summed E-state index contributed by atoms with van der Waals surface area (Å²) in [5, 5.41) is 11.1. The first kappa shape index (κ1) is 14.5. The van der Waals surface area contributed by atoms with E-state index in [0.29, 0.717) is 6.42 Å². The van der Waals surface area contributed by atoms with Crippen molar-refractivity contribution in [1.29, 1.82) is 0 Å². The van der Waals surface area contributed by atoms with Crippen LogP contribution < -0.4 is 4.90 Å². The minimum atomic E-state index is -0.279. The van der Waals surface area contributed by atoms with Crippen LogP contribution in [0.2, 0.25) is 0 Å². The van der Waals surface area contributed by atoms with Crippen LogP contribution in [-0.4, -0.2) is 18.0 Å². The Morgan fingerprint density at radius 3 is 2.22 bits per heavy atom. The first-order valence-electron chi connectivity index (χ1n) is 6.66. The first-order valence-corrected chi connectivity index (χ1v) is 6.66. The summed E-state index contributed by atoms with van der Waals surface area (Å²) < 4.78 is 0. The van der Waals surface area contributed by atoms with Crippen LogP contribution >= 0.6 is 0 Å². The summed E-state index contributed by atoms with van der Waals surface area (Å²) in [6, 6.07) is 5.59. The van der Waals surface area contributed by atoms with E-state index in [2.05, 4.69) is 18.7 Å². The molecule has 0 saturated carbocycles. The average Bonchev–Trinajstić information content (AvgIpc) is 2.37. The third kappa shape index (κ3) is 3.45. The van der Waals surface area contributed by atoms with Gasteiger partial charge in [-0.2, -0.15) is 0 Å². The maximum Gasteiger partial charge on any atom is 0.274 e. The van der Waals surface area contributed by atoms with Crippen LogP contribution in [-0.2, 0) is 6.42 Å². The minimum absolute atomic E-state index is 0.243. The summed E-state index contributed by atoms with van der Waals surface area (Å²) in [4.78, 5) is 13.0. The van der Waals surface area contributed by atoms with Gasteiger partial charge in [0, 0.05) is 30.4 Å². The lowest BCUT2D eigenvalue weighted by atomic mass is 10.1. The molecule has 0 spiro atoms. The molecule has 0 bridgehead atoms. The lowest BCUT2D eigenvalue weighted by Crippen LogP contribution is -2.24. The van der Waals surface area contributed by atoms with E-state index in [0.717, 1.165) is 37.2 Å². The molecule has 0 heterocycles. The highest BCUT2D eigenvalue weighted by atomic mass is 16.6. The summed E-state index contributed by atoms with van der Waals surface area (Å²) >= 11 is 0. The number of hydrogen-bond donors (Lipinski definition) is 0. The molecule has 18 heavy (non-hydrogen) atoms. The number of rotatable bonds is 7. The number of anilines is 1. The second kappa shape index (κ2) is 6.99. The maximum atomic E-state index is 11.1. The van der Waals surface area contributed by atoms with Crippen molar-refractivity contribution in [2.75, 3.05) is 18.0 Å². The molecule has 0 aliphatic rings. The zero-order chi connectivity index (χ0) is 13.5. The second-order valence-corrected chi connectivity index (χ2v) is 4.41. The predicted octanol–water partition coefficient (Wildman–Crippen LogP) is 3.78. The van der Waals surface area contributed by atoms with Gasteiger partial charge in [0.25, 0.3) is 5.69 Å². The van der Waals surface area contributed by atoms with Gasteiger partial charge in [0.2, 0.25) is 0 Å². The van der Waals surface area contributed by atoms with E-state index < -0.39 is 0 Å². The third-order valence-corrected chi connectivity index (χ3v) is 3.00. The smallest absolute Gasteiger partial charge is 0.274 e. The van der Waals surface area contributed by atoms with Gasteiger partial charge in [-0.25, -0.2) is 0 Å². The predicted molar refractivity (Wildman–Crippen MR) is 75.3 cm³/mol. The monoisotopic (exact) mass is 250 g/mol. The zero-order valence-corrected chi connectivity index (χ0v) is 11.5. The SMILES string of the molecule is CCCN(CCC)c1ccc(CC)c([N+](=O)[O-])c1. The van der Waals surface area contributed by atoms with Crippen LogP contribution in [0.1, 0.15) is 39.2 Å². The van der Waals surface area contributed by atoms with Crippen LogP contribution in [0, 0.1) is 10.1 Å². The molecule has 0 amide bonds. The number of nitrogens with zero attached hydrogens (tertiary/aromatic N) is 2. The Kier molecular flexibility index (Phi) is 5.62. The van der Waals surface area contributed by atoms with E-state index in [4.69, 9.17) is 0 Å². The second-order valence-electron chi connectivity index (χ2n) is 4.41. The average molecular weight is 250 g/mol. The van der Waals surface area contributed by atoms with Crippen molar-refractivity contribution in [1.82, 2.24) is 0 Å². The number of hydrogen-bond acceptors (Lipinski definition) is 3. The van der Waals surface area contributed by atoms with E-state index in [9.17, 15) is 10.1 Å². The molecule has 0 N–H and O–H groups in total. The Morgan fingerprint density at radius 2 is 1.78 bits per heavy atom. The Labute approximate surface area is 109 Å². The number of nitro benzene ring substituents is 1.